The third kappa shape index (κ3) is 7.43. The number of guanidine groups is 1. The van der Waals surface area contributed by atoms with E-state index in [2.05, 4.69) is 36.1 Å². The van der Waals surface area contributed by atoms with Crippen LogP contribution < -0.4 is 15.4 Å². The SMILES string of the molecule is CCNC(=NCc1cccc(CS(=O)(=O)NC)c1)NC1CCC(C(C)C)CC1. The van der Waals surface area contributed by atoms with Gasteiger partial charge in [-0.25, -0.2) is 18.1 Å². The van der Waals surface area contributed by atoms with Crippen molar-refractivity contribution >= 4 is 16.0 Å². The molecule has 0 aliphatic heterocycles. The normalized spacial score (nSPS) is 21.0. The summed E-state index contributed by atoms with van der Waals surface area (Å²) in [5, 5.41) is 6.91. The maximum absolute atomic E-state index is 11.8. The molecule has 0 radical (unpaired) electrons. The van der Waals surface area contributed by atoms with Gasteiger partial charge in [0.1, 0.15) is 0 Å². The van der Waals surface area contributed by atoms with Gasteiger partial charge in [-0.05, 0) is 62.6 Å². The Morgan fingerprint density at radius 1 is 1.18 bits per heavy atom. The standard InChI is InChI=1S/C21H36N4O2S/c1-5-23-21(25-20-11-9-19(10-12-20)16(2)3)24-14-17-7-6-8-18(13-17)15-28(26,27)22-4/h6-8,13,16,19-20,22H,5,9-12,14-15H2,1-4H3,(H2,23,24,25). The van der Waals surface area contributed by atoms with Crippen molar-refractivity contribution in [1.82, 2.24) is 15.4 Å². The Hall–Kier alpha value is -1.60. The Balaban J connectivity index is 1.97. The first-order chi connectivity index (χ1) is 13.3. The van der Waals surface area contributed by atoms with Gasteiger partial charge in [0.15, 0.2) is 5.96 Å². The number of hydrogen-bond acceptors (Lipinski definition) is 3. The molecule has 0 aromatic heterocycles. The van der Waals surface area contributed by atoms with Crippen LogP contribution in [0.1, 0.15) is 57.6 Å². The van der Waals surface area contributed by atoms with Crippen LogP contribution in [0.4, 0.5) is 0 Å². The molecule has 0 unspecified atom stereocenters. The summed E-state index contributed by atoms with van der Waals surface area (Å²) in [5.74, 6) is 2.43. The average molecular weight is 409 g/mol. The van der Waals surface area contributed by atoms with Gasteiger partial charge in [0.25, 0.3) is 0 Å². The van der Waals surface area contributed by atoms with E-state index in [1.165, 1.54) is 32.7 Å². The van der Waals surface area contributed by atoms with Gasteiger partial charge in [-0.1, -0.05) is 38.1 Å². The number of benzene rings is 1. The lowest BCUT2D eigenvalue weighted by molar-refractivity contribution is 0.250. The molecular formula is C21H36N4O2S. The minimum atomic E-state index is -3.27. The van der Waals surface area contributed by atoms with Crippen LogP contribution in [0.3, 0.4) is 0 Å². The molecule has 7 heteroatoms. The summed E-state index contributed by atoms with van der Waals surface area (Å²) in [6, 6.07) is 8.09. The van der Waals surface area contributed by atoms with Crippen LogP contribution in [0.5, 0.6) is 0 Å². The fourth-order valence-corrected chi connectivity index (χ4v) is 4.49. The van der Waals surface area contributed by atoms with Crippen molar-refractivity contribution in [2.24, 2.45) is 16.8 Å². The molecule has 0 bridgehead atoms. The Morgan fingerprint density at radius 3 is 2.46 bits per heavy atom. The average Bonchev–Trinajstić information content (AvgIpc) is 2.67. The number of hydrogen-bond donors (Lipinski definition) is 3. The molecule has 0 spiro atoms. The molecule has 0 atom stereocenters. The molecule has 1 aliphatic carbocycles. The lowest BCUT2D eigenvalue weighted by Gasteiger charge is -2.32. The summed E-state index contributed by atoms with van der Waals surface area (Å²) >= 11 is 0. The van der Waals surface area contributed by atoms with Crippen molar-refractivity contribution in [3.8, 4) is 0 Å². The Kier molecular flexibility index (Phi) is 8.76. The van der Waals surface area contributed by atoms with E-state index in [0.717, 1.165) is 35.5 Å². The summed E-state index contributed by atoms with van der Waals surface area (Å²) in [6.07, 6.45) is 4.92. The third-order valence-corrected chi connectivity index (χ3v) is 6.81. The highest BCUT2D eigenvalue weighted by Crippen LogP contribution is 2.29. The predicted molar refractivity (Wildman–Crippen MR) is 117 cm³/mol. The molecule has 1 fully saturated rings. The van der Waals surface area contributed by atoms with Crippen LogP contribution in [-0.2, 0) is 22.3 Å². The summed E-state index contributed by atoms with van der Waals surface area (Å²) < 4.78 is 25.9. The highest BCUT2D eigenvalue weighted by atomic mass is 32.2. The predicted octanol–water partition coefficient (Wildman–Crippen LogP) is 3.01. The van der Waals surface area contributed by atoms with Crippen molar-refractivity contribution in [2.75, 3.05) is 13.6 Å². The Labute approximate surface area is 170 Å². The van der Waals surface area contributed by atoms with Crippen molar-refractivity contribution in [3.63, 3.8) is 0 Å². The van der Waals surface area contributed by atoms with E-state index in [9.17, 15) is 8.42 Å². The second-order valence-electron chi connectivity index (χ2n) is 7.98. The molecule has 158 valence electrons. The highest BCUT2D eigenvalue weighted by Gasteiger charge is 2.23. The highest BCUT2D eigenvalue weighted by molar-refractivity contribution is 7.88. The molecule has 1 aromatic carbocycles. The molecule has 6 nitrogen and oxygen atoms in total. The van der Waals surface area contributed by atoms with Gasteiger partial charge in [-0.2, -0.15) is 0 Å². The second kappa shape index (κ2) is 10.8. The maximum Gasteiger partial charge on any atom is 0.215 e. The van der Waals surface area contributed by atoms with Crippen LogP contribution in [-0.4, -0.2) is 34.0 Å². The first kappa shape index (κ1) is 22.7. The van der Waals surface area contributed by atoms with Gasteiger partial charge in [0.2, 0.25) is 10.0 Å². The largest absolute Gasteiger partial charge is 0.357 e. The zero-order chi connectivity index (χ0) is 20.6. The van der Waals surface area contributed by atoms with Crippen molar-refractivity contribution in [3.05, 3.63) is 35.4 Å². The molecule has 0 saturated heterocycles. The van der Waals surface area contributed by atoms with E-state index in [1.807, 2.05) is 24.3 Å². The van der Waals surface area contributed by atoms with Crippen LogP contribution in [0, 0.1) is 11.8 Å². The molecule has 2 rings (SSSR count). The summed E-state index contributed by atoms with van der Waals surface area (Å²) in [5.41, 5.74) is 1.77. The number of sulfonamides is 1. The van der Waals surface area contributed by atoms with Crippen molar-refractivity contribution in [2.45, 2.75) is 64.8 Å². The smallest absolute Gasteiger partial charge is 0.215 e. The maximum atomic E-state index is 11.8. The molecular weight excluding hydrogens is 372 g/mol. The first-order valence-corrected chi connectivity index (χ1v) is 12.0. The zero-order valence-electron chi connectivity index (χ0n) is 17.7. The molecule has 1 aromatic rings. The van der Waals surface area contributed by atoms with E-state index in [4.69, 9.17) is 4.99 Å². The van der Waals surface area contributed by atoms with E-state index in [0.29, 0.717) is 12.6 Å². The number of nitrogens with zero attached hydrogens (tertiary/aromatic N) is 1. The molecule has 28 heavy (non-hydrogen) atoms. The van der Waals surface area contributed by atoms with Gasteiger partial charge in [-0.3, -0.25) is 0 Å². The minimum Gasteiger partial charge on any atom is -0.357 e. The summed E-state index contributed by atoms with van der Waals surface area (Å²) in [7, 11) is -1.83. The lowest BCUT2D eigenvalue weighted by atomic mass is 9.80. The van der Waals surface area contributed by atoms with Crippen LogP contribution in [0.25, 0.3) is 0 Å². The molecule has 3 N–H and O–H groups in total. The number of rotatable bonds is 8. The lowest BCUT2D eigenvalue weighted by Crippen LogP contribution is -2.45. The fourth-order valence-electron chi connectivity index (χ4n) is 3.72. The van der Waals surface area contributed by atoms with Gasteiger partial charge in [-0.15, -0.1) is 0 Å². The van der Waals surface area contributed by atoms with Gasteiger partial charge < -0.3 is 10.6 Å². The number of aliphatic imine (C=N–C) groups is 1. The van der Waals surface area contributed by atoms with Crippen molar-refractivity contribution in [1.29, 1.82) is 0 Å². The van der Waals surface area contributed by atoms with Crippen LogP contribution >= 0.6 is 0 Å². The quantitative estimate of drug-likeness (QED) is 0.456. The second-order valence-corrected chi connectivity index (χ2v) is 9.90. The van der Waals surface area contributed by atoms with Crippen LogP contribution in [0.2, 0.25) is 0 Å². The fraction of sp³-hybridized carbons (Fsp3) is 0.667. The molecule has 1 saturated carbocycles. The minimum absolute atomic E-state index is 0.0154. The van der Waals surface area contributed by atoms with Crippen molar-refractivity contribution < 1.29 is 8.42 Å². The zero-order valence-corrected chi connectivity index (χ0v) is 18.5. The summed E-state index contributed by atoms with van der Waals surface area (Å²) in [6.45, 7) is 8.04. The van der Waals surface area contributed by atoms with E-state index in [-0.39, 0.29) is 5.75 Å². The monoisotopic (exact) mass is 408 g/mol. The van der Waals surface area contributed by atoms with E-state index in [1.54, 1.807) is 0 Å². The molecule has 0 heterocycles. The first-order valence-electron chi connectivity index (χ1n) is 10.4. The van der Waals surface area contributed by atoms with E-state index < -0.39 is 10.0 Å². The van der Waals surface area contributed by atoms with E-state index >= 15 is 0 Å². The Bertz CT molecular complexity index is 739. The van der Waals surface area contributed by atoms with Gasteiger partial charge in [0.05, 0.1) is 12.3 Å². The molecule has 1 aliphatic rings. The third-order valence-electron chi connectivity index (χ3n) is 5.48. The number of nitrogens with one attached hydrogen (secondary N) is 3. The van der Waals surface area contributed by atoms with Gasteiger partial charge in [0, 0.05) is 12.6 Å². The summed E-state index contributed by atoms with van der Waals surface area (Å²) in [4.78, 5) is 4.72. The topological polar surface area (TPSA) is 82.6 Å². The molecule has 0 amide bonds. The Morgan fingerprint density at radius 2 is 1.86 bits per heavy atom. The van der Waals surface area contributed by atoms with Gasteiger partial charge >= 0.3 is 0 Å². The van der Waals surface area contributed by atoms with Crippen LogP contribution in [0.15, 0.2) is 29.3 Å².